The van der Waals surface area contributed by atoms with Crippen LogP contribution in [0.4, 0.5) is 5.82 Å². The summed E-state index contributed by atoms with van der Waals surface area (Å²) in [7, 11) is 1.89. The summed E-state index contributed by atoms with van der Waals surface area (Å²) in [6, 6.07) is 1.78. The predicted octanol–water partition coefficient (Wildman–Crippen LogP) is 0.231. The molecular formula is C19H24N8O. The van der Waals surface area contributed by atoms with Crippen LogP contribution in [-0.4, -0.2) is 67.2 Å². The molecule has 1 fully saturated rings. The molecule has 4 heterocycles. The Balaban J connectivity index is 1.22. The fraction of sp³-hybridized carbons (Fsp3) is 0.526. The van der Waals surface area contributed by atoms with Crippen molar-refractivity contribution in [2.24, 2.45) is 7.05 Å². The molecule has 3 aromatic rings. The monoisotopic (exact) mass is 380 g/mol. The summed E-state index contributed by atoms with van der Waals surface area (Å²) in [6.45, 7) is 5.15. The maximum absolute atomic E-state index is 12.3. The standard InChI is InChI=1S/C19H24N8O/c1-24-18-15(12-22-24)19(21-13-20-18)26-8-5-25(6-9-26)7-10-27-17(28)11-14-3-2-4-16(14)23-27/h11-13H,2-10H2,1H3. The fourth-order valence-corrected chi connectivity index (χ4v) is 4.22. The summed E-state index contributed by atoms with van der Waals surface area (Å²) >= 11 is 0. The Hall–Kier alpha value is -2.81. The Morgan fingerprint density at radius 3 is 2.79 bits per heavy atom. The van der Waals surface area contributed by atoms with E-state index < -0.39 is 0 Å². The Bertz CT molecular complexity index is 1060. The number of fused-ring (bicyclic) bond motifs is 2. The molecule has 9 heteroatoms. The minimum Gasteiger partial charge on any atom is -0.353 e. The summed E-state index contributed by atoms with van der Waals surface area (Å²) < 4.78 is 3.41. The molecule has 1 aliphatic heterocycles. The molecule has 1 aliphatic carbocycles. The number of aryl methyl sites for hydroxylation is 3. The van der Waals surface area contributed by atoms with E-state index in [0.717, 1.165) is 80.1 Å². The molecule has 0 N–H and O–H groups in total. The molecule has 0 radical (unpaired) electrons. The summed E-state index contributed by atoms with van der Waals surface area (Å²) in [5.74, 6) is 0.953. The maximum atomic E-state index is 12.3. The van der Waals surface area contributed by atoms with Gasteiger partial charge in [-0.15, -0.1) is 0 Å². The number of hydrogen-bond acceptors (Lipinski definition) is 7. The normalized spacial score (nSPS) is 17.4. The lowest BCUT2D eigenvalue weighted by Crippen LogP contribution is -2.48. The lowest BCUT2D eigenvalue weighted by molar-refractivity contribution is 0.242. The number of anilines is 1. The number of aromatic nitrogens is 6. The van der Waals surface area contributed by atoms with Gasteiger partial charge in [-0.1, -0.05) is 0 Å². The zero-order valence-electron chi connectivity index (χ0n) is 16.1. The van der Waals surface area contributed by atoms with Gasteiger partial charge in [0.15, 0.2) is 5.65 Å². The molecule has 28 heavy (non-hydrogen) atoms. The van der Waals surface area contributed by atoms with Gasteiger partial charge in [-0.2, -0.15) is 10.2 Å². The summed E-state index contributed by atoms with van der Waals surface area (Å²) in [5, 5.41) is 9.87. The van der Waals surface area contributed by atoms with E-state index in [1.165, 1.54) is 0 Å². The molecule has 1 saturated heterocycles. The highest BCUT2D eigenvalue weighted by Gasteiger charge is 2.21. The molecule has 0 unspecified atom stereocenters. The lowest BCUT2D eigenvalue weighted by Gasteiger charge is -2.35. The average Bonchev–Trinajstić information content (AvgIpc) is 3.33. The highest BCUT2D eigenvalue weighted by atomic mass is 16.1. The van der Waals surface area contributed by atoms with Gasteiger partial charge < -0.3 is 4.90 Å². The molecule has 0 atom stereocenters. The van der Waals surface area contributed by atoms with Crippen LogP contribution in [0.15, 0.2) is 23.4 Å². The van der Waals surface area contributed by atoms with Gasteiger partial charge in [-0.05, 0) is 24.8 Å². The van der Waals surface area contributed by atoms with Gasteiger partial charge >= 0.3 is 0 Å². The zero-order valence-corrected chi connectivity index (χ0v) is 16.1. The van der Waals surface area contributed by atoms with Crippen molar-refractivity contribution in [3.8, 4) is 0 Å². The number of piperazine rings is 1. The van der Waals surface area contributed by atoms with Crippen LogP contribution in [0.1, 0.15) is 17.7 Å². The van der Waals surface area contributed by atoms with Gasteiger partial charge in [0.1, 0.15) is 12.1 Å². The quantitative estimate of drug-likeness (QED) is 0.641. The third-order valence-electron chi connectivity index (χ3n) is 5.83. The number of hydrogen-bond donors (Lipinski definition) is 0. The topological polar surface area (TPSA) is 85.0 Å². The van der Waals surface area contributed by atoms with E-state index in [-0.39, 0.29) is 5.56 Å². The van der Waals surface area contributed by atoms with Gasteiger partial charge in [0, 0.05) is 45.8 Å². The van der Waals surface area contributed by atoms with Crippen molar-refractivity contribution in [2.75, 3.05) is 37.6 Å². The first-order valence-corrected chi connectivity index (χ1v) is 9.89. The second-order valence-corrected chi connectivity index (χ2v) is 7.56. The Kier molecular flexibility index (Phi) is 4.31. The maximum Gasteiger partial charge on any atom is 0.267 e. The molecule has 5 rings (SSSR count). The van der Waals surface area contributed by atoms with E-state index in [1.807, 2.05) is 13.2 Å². The molecule has 0 saturated carbocycles. The van der Waals surface area contributed by atoms with Crippen LogP contribution < -0.4 is 10.5 Å². The van der Waals surface area contributed by atoms with Crippen LogP contribution in [0, 0.1) is 0 Å². The Morgan fingerprint density at radius 2 is 1.93 bits per heavy atom. The minimum absolute atomic E-state index is 0.0271. The first-order chi connectivity index (χ1) is 13.7. The summed E-state index contributed by atoms with van der Waals surface area (Å²) in [6.07, 6.45) is 6.55. The molecule has 0 bridgehead atoms. The minimum atomic E-state index is 0.0271. The highest BCUT2D eigenvalue weighted by molar-refractivity contribution is 5.86. The van der Waals surface area contributed by atoms with Crippen LogP contribution in [0.25, 0.3) is 11.0 Å². The van der Waals surface area contributed by atoms with Crippen LogP contribution in [0.3, 0.4) is 0 Å². The SMILES string of the molecule is Cn1ncc2c(N3CCN(CCn4nc5c(cc4=O)CCC5)CC3)ncnc21. The molecular weight excluding hydrogens is 356 g/mol. The van der Waals surface area contributed by atoms with Crippen LogP contribution >= 0.6 is 0 Å². The number of nitrogens with zero attached hydrogens (tertiary/aromatic N) is 8. The van der Waals surface area contributed by atoms with Crippen molar-refractivity contribution in [1.82, 2.24) is 34.4 Å². The lowest BCUT2D eigenvalue weighted by atomic mass is 10.2. The van der Waals surface area contributed by atoms with Crippen molar-refractivity contribution < 1.29 is 0 Å². The number of rotatable bonds is 4. The molecule has 9 nitrogen and oxygen atoms in total. The summed E-state index contributed by atoms with van der Waals surface area (Å²) in [5.41, 5.74) is 3.13. The van der Waals surface area contributed by atoms with E-state index in [2.05, 4.69) is 30.0 Å². The van der Waals surface area contributed by atoms with Crippen molar-refractivity contribution >= 4 is 16.9 Å². The fourth-order valence-electron chi connectivity index (χ4n) is 4.22. The van der Waals surface area contributed by atoms with Gasteiger partial charge in [0.2, 0.25) is 0 Å². The van der Waals surface area contributed by atoms with Crippen LogP contribution in [-0.2, 0) is 26.4 Å². The van der Waals surface area contributed by atoms with Crippen molar-refractivity contribution in [3.63, 3.8) is 0 Å². The first kappa shape index (κ1) is 17.3. The van der Waals surface area contributed by atoms with Gasteiger partial charge in [0.25, 0.3) is 5.56 Å². The van der Waals surface area contributed by atoms with E-state index in [9.17, 15) is 4.79 Å². The second kappa shape index (κ2) is 6.97. The van der Waals surface area contributed by atoms with Crippen LogP contribution in [0.2, 0.25) is 0 Å². The van der Waals surface area contributed by atoms with E-state index in [4.69, 9.17) is 0 Å². The molecule has 0 aromatic carbocycles. The van der Waals surface area contributed by atoms with Gasteiger partial charge in [-0.25, -0.2) is 14.6 Å². The molecule has 3 aromatic heterocycles. The van der Waals surface area contributed by atoms with Crippen molar-refractivity contribution in [1.29, 1.82) is 0 Å². The first-order valence-electron chi connectivity index (χ1n) is 9.89. The van der Waals surface area contributed by atoms with Gasteiger partial charge in [0.05, 0.1) is 23.8 Å². The second-order valence-electron chi connectivity index (χ2n) is 7.56. The third kappa shape index (κ3) is 3.05. The summed E-state index contributed by atoms with van der Waals surface area (Å²) in [4.78, 5) is 25.8. The average molecular weight is 380 g/mol. The molecule has 0 amide bonds. The van der Waals surface area contributed by atoms with Gasteiger partial charge in [-0.3, -0.25) is 14.4 Å². The smallest absolute Gasteiger partial charge is 0.267 e. The van der Waals surface area contributed by atoms with E-state index in [0.29, 0.717) is 6.54 Å². The predicted molar refractivity (Wildman–Crippen MR) is 105 cm³/mol. The Morgan fingerprint density at radius 1 is 1.07 bits per heavy atom. The van der Waals surface area contributed by atoms with Crippen molar-refractivity contribution in [2.45, 2.75) is 25.8 Å². The third-order valence-corrected chi connectivity index (χ3v) is 5.83. The van der Waals surface area contributed by atoms with E-state index >= 15 is 0 Å². The highest BCUT2D eigenvalue weighted by Crippen LogP contribution is 2.23. The van der Waals surface area contributed by atoms with Crippen LogP contribution in [0.5, 0.6) is 0 Å². The largest absolute Gasteiger partial charge is 0.353 e. The van der Waals surface area contributed by atoms with E-state index in [1.54, 1.807) is 21.8 Å². The molecule has 146 valence electrons. The molecule has 2 aliphatic rings. The Labute approximate surface area is 162 Å². The molecule has 0 spiro atoms. The zero-order chi connectivity index (χ0) is 19.1. The van der Waals surface area contributed by atoms with Crippen molar-refractivity contribution in [3.05, 3.63) is 40.2 Å².